The van der Waals surface area contributed by atoms with Gasteiger partial charge in [0.1, 0.15) is 5.01 Å². The number of thiophene rings is 1. The highest BCUT2D eigenvalue weighted by atomic mass is 32.1. The van der Waals surface area contributed by atoms with E-state index in [4.69, 9.17) is 5.11 Å². The van der Waals surface area contributed by atoms with Crippen LogP contribution in [-0.4, -0.2) is 20.4 Å². The third-order valence-corrected chi connectivity index (χ3v) is 6.43. The number of aryl methyl sites for hydroxylation is 2. The van der Waals surface area contributed by atoms with Crippen LogP contribution in [-0.2, 0) is 11.2 Å². The largest absolute Gasteiger partial charge is 0.481 e. The minimum atomic E-state index is -0.802. The molecule has 0 unspecified atom stereocenters. The van der Waals surface area contributed by atoms with Crippen molar-refractivity contribution in [2.45, 2.75) is 19.8 Å². The molecule has 0 aliphatic carbocycles. The van der Waals surface area contributed by atoms with E-state index in [2.05, 4.69) is 15.4 Å². The van der Waals surface area contributed by atoms with E-state index in [1.54, 1.807) is 11.3 Å². The summed E-state index contributed by atoms with van der Waals surface area (Å²) in [5.41, 5.74) is 5.32. The normalized spacial score (nSPS) is 10.7. The number of carbonyl (C=O) groups is 1. The first kappa shape index (κ1) is 20.0. The number of benzene rings is 2. The number of carboxylic acid groups (broad SMARTS) is 1. The molecule has 0 saturated carbocycles. The first-order chi connectivity index (χ1) is 14.5. The second kappa shape index (κ2) is 8.57. The third-order valence-electron chi connectivity index (χ3n) is 4.76. The Balaban J connectivity index is 1.62. The molecule has 148 valence electrons. The van der Waals surface area contributed by atoms with Gasteiger partial charge >= 0.3 is 5.97 Å². The minimum absolute atomic E-state index is 0.112. The Kier molecular flexibility index (Phi) is 5.70. The van der Waals surface area contributed by atoms with Gasteiger partial charge in [0.2, 0.25) is 0 Å². The lowest BCUT2D eigenvalue weighted by molar-refractivity contribution is -0.136. The molecule has 2 aromatic heterocycles. The average Bonchev–Trinajstić information content (AvgIpc) is 3.44. The molecule has 2 aromatic carbocycles. The topological polar surface area (TPSA) is 86.9 Å². The fourth-order valence-electron chi connectivity index (χ4n) is 3.25. The summed E-state index contributed by atoms with van der Waals surface area (Å²) < 4.78 is 4.51. The van der Waals surface area contributed by atoms with Gasteiger partial charge in [-0.3, -0.25) is 4.79 Å². The summed E-state index contributed by atoms with van der Waals surface area (Å²) in [4.78, 5) is 16.5. The summed E-state index contributed by atoms with van der Waals surface area (Å²) in [6.45, 7) is 1.98. The molecule has 0 saturated heterocycles. The maximum atomic E-state index is 10.8. The predicted molar refractivity (Wildman–Crippen MR) is 120 cm³/mol. The van der Waals surface area contributed by atoms with Crippen molar-refractivity contribution in [1.29, 1.82) is 5.26 Å². The van der Waals surface area contributed by atoms with E-state index >= 15 is 0 Å². The van der Waals surface area contributed by atoms with Gasteiger partial charge in [0.05, 0.1) is 11.6 Å². The van der Waals surface area contributed by atoms with Crippen LogP contribution in [0.25, 0.3) is 32.4 Å². The fraction of sp³-hybridized carbons (Fsp3) is 0.130. The van der Waals surface area contributed by atoms with E-state index < -0.39 is 5.97 Å². The molecule has 0 atom stereocenters. The quantitative estimate of drug-likeness (QED) is 0.417. The van der Waals surface area contributed by atoms with Gasteiger partial charge in [0, 0.05) is 28.0 Å². The van der Waals surface area contributed by atoms with Crippen molar-refractivity contribution < 1.29 is 9.90 Å². The van der Waals surface area contributed by atoms with Crippen molar-refractivity contribution in [1.82, 2.24) is 9.36 Å². The van der Waals surface area contributed by atoms with Crippen LogP contribution in [0.5, 0.6) is 0 Å². The van der Waals surface area contributed by atoms with E-state index in [0.29, 0.717) is 17.8 Å². The zero-order valence-corrected chi connectivity index (χ0v) is 17.8. The molecule has 1 N–H and O–H groups in total. The molecular formula is C23H17N3O2S2. The summed E-state index contributed by atoms with van der Waals surface area (Å²) in [7, 11) is 0. The van der Waals surface area contributed by atoms with Gasteiger partial charge in [0.25, 0.3) is 0 Å². The van der Waals surface area contributed by atoms with Crippen LogP contribution in [0.3, 0.4) is 0 Å². The summed E-state index contributed by atoms with van der Waals surface area (Å²) in [6, 6.07) is 17.9. The molecule has 5 nitrogen and oxygen atoms in total. The predicted octanol–water partition coefficient (Wildman–Crippen LogP) is 5.80. The van der Waals surface area contributed by atoms with Gasteiger partial charge in [-0.15, -0.1) is 11.3 Å². The molecule has 0 radical (unpaired) electrons. The molecule has 7 heteroatoms. The number of nitriles is 1. The summed E-state index contributed by atoms with van der Waals surface area (Å²) in [5, 5.41) is 21.2. The lowest BCUT2D eigenvalue weighted by Gasteiger charge is -2.05. The van der Waals surface area contributed by atoms with Crippen LogP contribution in [0.1, 0.15) is 23.1 Å². The van der Waals surface area contributed by atoms with Gasteiger partial charge in [-0.25, -0.2) is 4.98 Å². The average molecular weight is 432 g/mol. The van der Waals surface area contributed by atoms with E-state index in [0.717, 1.165) is 37.7 Å². The van der Waals surface area contributed by atoms with Crippen molar-refractivity contribution >= 4 is 28.8 Å². The van der Waals surface area contributed by atoms with Gasteiger partial charge in [-0.2, -0.15) is 9.64 Å². The van der Waals surface area contributed by atoms with Crippen LogP contribution >= 0.6 is 22.9 Å². The van der Waals surface area contributed by atoms with E-state index in [-0.39, 0.29) is 6.42 Å². The van der Waals surface area contributed by atoms with Crippen LogP contribution in [0, 0.1) is 18.3 Å². The first-order valence-corrected chi connectivity index (χ1v) is 10.9. The van der Waals surface area contributed by atoms with Crippen molar-refractivity contribution in [3.63, 3.8) is 0 Å². The Morgan fingerprint density at radius 1 is 1.17 bits per heavy atom. The smallest absolute Gasteiger partial charge is 0.303 e. The number of carboxylic acids is 1. The van der Waals surface area contributed by atoms with Crippen LogP contribution in [0.15, 0.2) is 53.9 Å². The van der Waals surface area contributed by atoms with Crippen molar-refractivity contribution in [2.24, 2.45) is 0 Å². The van der Waals surface area contributed by atoms with Crippen molar-refractivity contribution in [2.75, 3.05) is 0 Å². The van der Waals surface area contributed by atoms with E-state index in [1.807, 2.05) is 60.8 Å². The Bertz CT molecular complexity index is 1250. The van der Waals surface area contributed by atoms with Crippen LogP contribution in [0.4, 0.5) is 0 Å². The maximum Gasteiger partial charge on any atom is 0.303 e. The molecule has 4 rings (SSSR count). The Morgan fingerprint density at radius 2 is 2.00 bits per heavy atom. The summed E-state index contributed by atoms with van der Waals surface area (Å²) >= 11 is 2.91. The van der Waals surface area contributed by atoms with Gasteiger partial charge < -0.3 is 5.11 Å². The molecule has 30 heavy (non-hydrogen) atoms. The SMILES string of the molecule is Cc1cc(CCC(=O)O)ccc1-c1nsc(-c2ccc(-c3cccs3)c(C#N)c2)n1. The number of hydrogen-bond donors (Lipinski definition) is 1. The molecule has 0 fully saturated rings. The zero-order chi connectivity index (χ0) is 21.1. The summed E-state index contributed by atoms with van der Waals surface area (Å²) in [6.07, 6.45) is 0.611. The molecule has 2 heterocycles. The molecule has 0 bridgehead atoms. The Morgan fingerprint density at radius 3 is 2.70 bits per heavy atom. The molecular weight excluding hydrogens is 414 g/mol. The Labute approximate surface area is 182 Å². The highest BCUT2D eigenvalue weighted by Gasteiger charge is 2.14. The highest BCUT2D eigenvalue weighted by molar-refractivity contribution is 7.13. The molecule has 0 aliphatic heterocycles. The Hall–Kier alpha value is -3.34. The monoisotopic (exact) mass is 431 g/mol. The second-order valence-corrected chi connectivity index (χ2v) is 8.52. The lowest BCUT2D eigenvalue weighted by Crippen LogP contribution is -1.98. The second-order valence-electron chi connectivity index (χ2n) is 6.82. The fourth-order valence-corrected chi connectivity index (χ4v) is 4.69. The number of aliphatic carboxylic acids is 1. The first-order valence-electron chi connectivity index (χ1n) is 9.29. The summed E-state index contributed by atoms with van der Waals surface area (Å²) in [5.74, 6) is -0.164. The molecule has 4 aromatic rings. The molecule has 0 amide bonds. The van der Waals surface area contributed by atoms with Gasteiger partial charge in [0.15, 0.2) is 5.82 Å². The van der Waals surface area contributed by atoms with Gasteiger partial charge in [-0.05, 0) is 53.5 Å². The number of aromatic nitrogens is 2. The van der Waals surface area contributed by atoms with E-state index in [1.165, 1.54) is 11.5 Å². The number of rotatable bonds is 6. The van der Waals surface area contributed by atoms with Crippen LogP contribution < -0.4 is 0 Å². The lowest BCUT2D eigenvalue weighted by atomic mass is 10.0. The minimum Gasteiger partial charge on any atom is -0.481 e. The van der Waals surface area contributed by atoms with Gasteiger partial charge in [-0.1, -0.05) is 36.4 Å². The third kappa shape index (κ3) is 4.15. The number of nitrogens with zero attached hydrogens (tertiary/aromatic N) is 3. The molecule has 0 aliphatic rings. The van der Waals surface area contributed by atoms with Crippen molar-refractivity contribution in [3.05, 3.63) is 70.6 Å². The highest BCUT2D eigenvalue weighted by Crippen LogP contribution is 2.33. The van der Waals surface area contributed by atoms with Crippen molar-refractivity contribution in [3.8, 4) is 38.5 Å². The van der Waals surface area contributed by atoms with Crippen LogP contribution in [0.2, 0.25) is 0 Å². The van der Waals surface area contributed by atoms with E-state index in [9.17, 15) is 10.1 Å². The number of hydrogen-bond acceptors (Lipinski definition) is 6. The maximum absolute atomic E-state index is 10.8. The molecule has 0 spiro atoms. The zero-order valence-electron chi connectivity index (χ0n) is 16.1. The standard InChI is InChI=1S/C23H17N3O2S2/c1-14-11-15(5-9-21(27)28)4-7-18(14)22-25-23(30-26-22)16-6-8-19(17(12-16)13-24)20-3-2-10-29-20/h2-4,6-8,10-12H,5,9H2,1H3,(H,27,28).